The number of hydrogen-bond donors (Lipinski definition) is 1. The monoisotopic (exact) mass is 370 g/mol. The smallest absolute Gasteiger partial charge is 0.224 e. The number of piperidine rings is 1. The minimum Gasteiger partial charge on any atom is -0.355 e. The van der Waals surface area contributed by atoms with E-state index in [-0.39, 0.29) is 11.8 Å². The van der Waals surface area contributed by atoms with Crippen molar-refractivity contribution in [1.29, 1.82) is 0 Å². The standard InChI is InChI=1S/C17H26N2O3S2/c1-14-5-7-15(8-6-14)13-23-11-9-18-17(20)16-4-3-10-19(12-16)24(2,21)22/h5-8,16H,3-4,9-13H2,1-2H3,(H,18,20). The molecular formula is C17H26N2O3S2. The van der Waals surface area contributed by atoms with Crippen LogP contribution in [-0.2, 0) is 20.6 Å². The van der Waals surface area contributed by atoms with E-state index in [0.29, 0.717) is 19.6 Å². The quantitative estimate of drug-likeness (QED) is 0.746. The summed E-state index contributed by atoms with van der Waals surface area (Å²) in [6, 6.07) is 8.47. The number of carbonyl (C=O) groups excluding carboxylic acids is 1. The average Bonchev–Trinajstić information content (AvgIpc) is 2.55. The molecule has 0 bridgehead atoms. The Hall–Kier alpha value is -1.05. The summed E-state index contributed by atoms with van der Waals surface area (Å²) >= 11 is 1.78. The Morgan fingerprint density at radius 3 is 2.71 bits per heavy atom. The van der Waals surface area contributed by atoms with Crippen molar-refractivity contribution in [2.24, 2.45) is 5.92 Å². The highest BCUT2D eigenvalue weighted by atomic mass is 32.2. The first-order chi connectivity index (χ1) is 11.4. The number of nitrogens with zero attached hydrogens (tertiary/aromatic N) is 1. The third kappa shape index (κ3) is 6.11. The van der Waals surface area contributed by atoms with E-state index in [1.807, 2.05) is 0 Å². The van der Waals surface area contributed by atoms with Crippen LogP contribution in [0.4, 0.5) is 0 Å². The van der Waals surface area contributed by atoms with Crippen LogP contribution in [0.1, 0.15) is 24.0 Å². The van der Waals surface area contributed by atoms with Crippen LogP contribution in [0.15, 0.2) is 24.3 Å². The van der Waals surface area contributed by atoms with Crippen molar-refractivity contribution >= 4 is 27.7 Å². The van der Waals surface area contributed by atoms with Crippen molar-refractivity contribution in [3.05, 3.63) is 35.4 Å². The van der Waals surface area contributed by atoms with Crippen LogP contribution < -0.4 is 5.32 Å². The van der Waals surface area contributed by atoms with Crippen molar-refractivity contribution in [2.75, 3.05) is 31.6 Å². The van der Waals surface area contributed by atoms with Gasteiger partial charge in [0.25, 0.3) is 0 Å². The van der Waals surface area contributed by atoms with E-state index in [9.17, 15) is 13.2 Å². The Labute approximate surface area is 149 Å². The molecule has 0 saturated carbocycles. The van der Waals surface area contributed by atoms with Gasteiger partial charge >= 0.3 is 0 Å². The Balaban J connectivity index is 1.66. The fraction of sp³-hybridized carbons (Fsp3) is 0.588. The zero-order chi connectivity index (χ0) is 17.6. The Morgan fingerprint density at radius 1 is 1.33 bits per heavy atom. The zero-order valence-corrected chi connectivity index (χ0v) is 16.0. The lowest BCUT2D eigenvalue weighted by Crippen LogP contribution is -2.45. The van der Waals surface area contributed by atoms with Crippen LogP contribution in [0.25, 0.3) is 0 Å². The summed E-state index contributed by atoms with van der Waals surface area (Å²) in [4.78, 5) is 12.2. The van der Waals surface area contributed by atoms with Gasteiger partial charge in [-0.15, -0.1) is 0 Å². The van der Waals surface area contributed by atoms with E-state index in [1.165, 1.54) is 21.7 Å². The number of carbonyl (C=O) groups is 1. The molecule has 1 atom stereocenters. The van der Waals surface area contributed by atoms with E-state index in [2.05, 4.69) is 36.5 Å². The zero-order valence-electron chi connectivity index (χ0n) is 14.3. The number of aryl methyl sites for hydroxylation is 1. The molecule has 1 aromatic carbocycles. The number of benzene rings is 1. The molecule has 1 amide bonds. The van der Waals surface area contributed by atoms with Gasteiger partial charge in [0.05, 0.1) is 12.2 Å². The summed E-state index contributed by atoms with van der Waals surface area (Å²) in [6.07, 6.45) is 2.71. The molecule has 0 aromatic heterocycles. The molecule has 1 N–H and O–H groups in total. The van der Waals surface area contributed by atoms with Gasteiger partial charge in [0.15, 0.2) is 0 Å². The van der Waals surface area contributed by atoms with Gasteiger partial charge in [-0.05, 0) is 25.3 Å². The second-order valence-electron chi connectivity index (χ2n) is 6.29. The van der Waals surface area contributed by atoms with Crippen molar-refractivity contribution in [2.45, 2.75) is 25.5 Å². The molecule has 1 aromatic rings. The molecule has 1 aliphatic heterocycles. The van der Waals surface area contributed by atoms with Gasteiger partial charge in [-0.3, -0.25) is 4.79 Å². The lowest BCUT2D eigenvalue weighted by atomic mass is 9.99. The highest BCUT2D eigenvalue weighted by Crippen LogP contribution is 2.19. The molecule has 24 heavy (non-hydrogen) atoms. The van der Waals surface area contributed by atoms with Gasteiger partial charge in [0.2, 0.25) is 15.9 Å². The van der Waals surface area contributed by atoms with E-state index in [1.54, 1.807) is 11.8 Å². The normalized spacial score (nSPS) is 19.2. The topological polar surface area (TPSA) is 66.5 Å². The molecule has 0 spiro atoms. The molecule has 1 aliphatic rings. The maximum atomic E-state index is 12.2. The van der Waals surface area contributed by atoms with Gasteiger partial charge in [0, 0.05) is 31.1 Å². The summed E-state index contributed by atoms with van der Waals surface area (Å²) in [5.74, 6) is 1.53. The van der Waals surface area contributed by atoms with Gasteiger partial charge in [-0.25, -0.2) is 12.7 Å². The molecule has 0 radical (unpaired) electrons. The highest BCUT2D eigenvalue weighted by Gasteiger charge is 2.29. The molecule has 5 nitrogen and oxygen atoms in total. The lowest BCUT2D eigenvalue weighted by Gasteiger charge is -2.30. The second-order valence-corrected chi connectivity index (χ2v) is 9.38. The molecule has 2 rings (SSSR count). The van der Waals surface area contributed by atoms with E-state index in [0.717, 1.165) is 24.3 Å². The Bertz CT molecular complexity index is 644. The van der Waals surface area contributed by atoms with Crippen LogP contribution in [0.2, 0.25) is 0 Å². The first-order valence-electron chi connectivity index (χ1n) is 8.22. The van der Waals surface area contributed by atoms with Gasteiger partial charge < -0.3 is 5.32 Å². The number of rotatable bonds is 7. The first kappa shape index (κ1) is 19.3. The summed E-state index contributed by atoms with van der Waals surface area (Å²) < 4.78 is 24.6. The highest BCUT2D eigenvalue weighted by molar-refractivity contribution is 7.98. The van der Waals surface area contributed by atoms with Crippen molar-refractivity contribution in [1.82, 2.24) is 9.62 Å². The lowest BCUT2D eigenvalue weighted by molar-refractivity contribution is -0.125. The van der Waals surface area contributed by atoms with Crippen LogP contribution in [-0.4, -0.2) is 50.3 Å². The van der Waals surface area contributed by atoms with E-state index in [4.69, 9.17) is 0 Å². The van der Waals surface area contributed by atoms with Crippen LogP contribution >= 0.6 is 11.8 Å². The molecule has 1 unspecified atom stereocenters. The fourth-order valence-electron chi connectivity index (χ4n) is 2.72. The average molecular weight is 371 g/mol. The summed E-state index contributed by atoms with van der Waals surface area (Å²) in [7, 11) is -3.21. The van der Waals surface area contributed by atoms with E-state index >= 15 is 0 Å². The Morgan fingerprint density at radius 2 is 2.04 bits per heavy atom. The minimum atomic E-state index is -3.21. The maximum absolute atomic E-state index is 12.2. The third-order valence-electron chi connectivity index (χ3n) is 4.16. The molecule has 1 saturated heterocycles. The fourth-order valence-corrected chi connectivity index (χ4v) is 4.45. The predicted octanol–water partition coefficient (Wildman–Crippen LogP) is 2.02. The molecule has 134 valence electrons. The molecule has 1 heterocycles. The largest absolute Gasteiger partial charge is 0.355 e. The molecule has 0 aliphatic carbocycles. The Kier molecular flexibility index (Phi) is 7.13. The van der Waals surface area contributed by atoms with Gasteiger partial charge in [-0.1, -0.05) is 29.8 Å². The second kappa shape index (κ2) is 8.87. The van der Waals surface area contributed by atoms with Crippen LogP contribution in [0.5, 0.6) is 0 Å². The molecule has 7 heteroatoms. The van der Waals surface area contributed by atoms with Crippen molar-refractivity contribution < 1.29 is 13.2 Å². The minimum absolute atomic E-state index is 0.0284. The molecule has 1 fully saturated rings. The number of nitrogens with one attached hydrogen (secondary N) is 1. The van der Waals surface area contributed by atoms with Gasteiger partial charge in [0.1, 0.15) is 0 Å². The number of amides is 1. The summed E-state index contributed by atoms with van der Waals surface area (Å²) in [6.45, 7) is 3.52. The van der Waals surface area contributed by atoms with Crippen LogP contribution in [0, 0.1) is 12.8 Å². The summed E-state index contributed by atoms with van der Waals surface area (Å²) in [5, 5.41) is 2.94. The summed E-state index contributed by atoms with van der Waals surface area (Å²) in [5.41, 5.74) is 2.54. The van der Waals surface area contributed by atoms with E-state index < -0.39 is 10.0 Å². The molecular weight excluding hydrogens is 344 g/mol. The third-order valence-corrected chi connectivity index (χ3v) is 6.46. The number of sulfonamides is 1. The van der Waals surface area contributed by atoms with Crippen molar-refractivity contribution in [3.63, 3.8) is 0 Å². The first-order valence-corrected chi connectivity index (χ1v) is 11.2. The number of hydrogen-bond acceptors (Lipinski definition) is 4. The number of thioether (sulfide) groups is 1. The maximum Gasteiger partial charge on any atom is 0.224 e. The van der Waals surface area contributed by atoms with Gasteiger partial charge in [-0.2, -0.15) is 11.8 Å². The van der Waals surface area contributed by atoms with Crippen molar-refractivity contribution in [3.8, 4) is 0 Å². The predicted molar refractivity (Wildman–Crippen MR) is 99.5 cm³/mol. The SMILES string of the molecule is Cc1ccc(CSCCNC(=O)C2CCCN(S(C)(=O)=O)C2)cc1. The van der Waals surface area contributed by atoms with Crippen LogP contribution in [0.3, 0.4) is 0 Å².